The molecule has 1 aromatic carbocycles. The Morgan fingerprint density at radius 2 is 1.96 bits per heavy atom. The highest BCUT2D eigenvalue weighted by Crippen LogP contribution is 2.54. The molecule has 1 amide bonds. The van der Waals surface area contributed by atoms with Gasteiger partial charge in [-0.2, -0.15) is 0 Å². The molecule has 9 heteroatoms. The number of nitrogens with two attached hydrogens (primary N) is 1. The van der Waals surface area contributed by atoms with Crippen molar-refractivity contribution in [2.75, 3.05) is 10.6 Å². The van der Waals surface area contributed by atoms with Crippen LogP contribution in [0.4, 0.5) is 11.5 Å². The van der Waals surface area contributed by atoms with Gasteiger partial charge in [-0.1, -0.05) is 43.7 Å². The normalized spacial score (nSPS) is 17.3. The molecule has 1 unspecified atom stereocenters. The molecule has 1 aliphatic rings. The van der Waals surface area contributed by atoms with Crippen molar-refractivity contribution in [2.24, 2.45) is 5.92 Å². The summed E-state index contributed by atoms with van der Waals surface area (Å²) in [6.45, 7) is 2.43. The molecule has 1 aliphatic carbocycles. The van der Waals surface area contributed by atoms with Crippen LogP contribution in [-0.2, 0) is 17.9 Å². The number of aromatic nitrogens is 2. The Kier molecular flexibility index (Phi) is 5.86. The summed E-state index contributed by atoms with van der Waals surface area (Å²) in [4.78, 5) is 41.5. The Bertz CT molecular complexity index is 985. The number of hydrogen-bond acceptors (Lipinski definition) is 4. The summed E-state index contributed by atoms with van der Waals surface area (Å²) in [7, 11) is 0. The number of benzene rings is 1. The molecule has 0 spiro atoms. The third-order valence-electron chi connectivity index (χ3n) is 4.79. The van der Waals surface area contributed by atoms with Crippen LogP contribution >= 0.6 is 23.2 Å². The summed E-state index contributed by atoms with van der Waals surface area (Å²) in [5.41, 5.74) is 5.63. The van der Waals surface area contributed by atoms with Gasteiger partial charge in [0.2, 0.25) is 5.91 Å². The van der Waals surface area contributed by atoms with Crippen molar-refractivity contribution in [3.8, 4) is 0 Å². The first-order chi connectivity index (χ1) is 13.3. The fourth-order valence-corrected chi connectivity index (χ4v) is 3.57. The van der Waals surface area contributed by atoms with Gasteiger partial charge in [0.15, 0.2) is 5.69 Å². The molecule has 3 rings (SSSR count). The van der Waals surface area contributed by atoms with Gasteiger partial charge in [0.1, 0.15) is 10.2 Å². The van der Waals surface area contributed by atoms with Crippen LogP contribution in [0.15, 0.2) is 39.9 Å². The summed E-state index contributed by atoms with van der Waals surface area (Å²) in [6, 6.07) is 9.18. The van der Waals surface area contributed by atoms with E-state index in [2.05, 4.69) is 4.98 Å². The van der Waals surface area contributed by atoms with Crippen molar-refractivity contribution in [2.45, 2.75) is 43.6 Å². The third kappa shape index (κ3) is 4.10. The minimum atomic E-state index is -1.15. The van der Waals surface area contributed by atoms with Gasteiger partial charge >= 0.3 is 5.69 Å². The van der Waals surface area contributed by atoms with Crippen molar-refractivity contribution in [1.82, 2.24) is 9.55 Å². The second kappa shape index (κ2) is 8.01. The Hall–Kier alpha value is -2.25. The van der Waals surface area contributed by atoms with Crippen LogP contribution < -0.4 is 21.9 Å². The number of carbonyl (C=O) groups excluding carboxylic acids is 1. The average molecular weight is 425 g/mol. The number of H-pyrrole nitrogens is 1. The van der Waals surface area contributed by atoms with Crippen LogP contribution in [0.2, 0.25) is 0 Å². The summed E-state index contributed by atoms with van der Waals surface area (Å²) < 4.78 is 0.136. The molecular formula is C19H22Cl2N4O3. The number of nitrogen functional groups attached to an aromatic ring is 1. The Balaban J connectivity index is 2.08. The van der Waals surface area contributed by atoms with E-state index in [-0.39, 0.29) is 18.1 Å². The maximum absolute atomic E-state index is 13.1. The van der Waals surface area contributed by atoms with Gasteiger partial charge in [0.25, 0.3) is 5.56 Å². The number of hydrogen-bond donors (Lipinski definition) is 2. The maximum Gasteiger partial charge on any atom is 0.330 e. The van der Waals surface area contributed by atoms with E-state index in [1.807, 2.05) is 37.3 Å². The molecule has 3 N–H and O–H groups in total. The predicted molar refractivity (Wildman–Crippen MR) is 111 cm³/mol. The van der Waals surface area contributed by atoms with Crippen molar-refractivity contribution < 1.29 is 4.79 Å². The van der Waals surface area contributed by atoms with Gasteiger partial charge < -0.3 is 5.73 Å². The smallest absolute Gasteiger partial charge is 0.330 e. The molecule has 150 valence electrons. The van der Waals surface area contributed by atoms with Crippen molar-refractivity contribution in [3.05, 3.63) is 56.7 Å². The SMILES string of the molecule is CCCCn1c(N)c(N(Cc2ccccc2)C(=O)C2CC2(Cl)Cl)c(=O)[nH]c1=O. The summed E-state index contributed by atoms with van der Waals surface area (Å²) in [5.74, 6) is -1.07. The van der Waals surface area contributed by atoms with E-state index >= 15 is 0 Å². The van der Waals surface area contributed by atoms with E-state index in [0.29, 0.717) is 19.4 Å². The number of alkyl halides is 2. The standard InChI is InChI=1S/C19H22Cl2N4O3/c1-2-3-9-24-15(22)14(16(26)23-18(24)28)25(11-12-7-5-4-6-8-12)17(27)13-10-19(13,20)21/h4-8,13H,2-3,9-11,22H2,1H3,(H,23,26,28). The zero-order valence-electron chi connectivity index (χ0n) is 15.5. The van der Waals surface area contributed by atoms with Gasteiger partial charge in [-0.25, -0.2) is 4.79 Å². The molecule has 0 saturated heterocycles. The van der Waals surface area contributed by atoms with Crippen molar-refractivity contribution in [1.29, 1.82) is 0 Å². The number of amides is 1. The highest BCUT2D eigenvalue weighted by molar-refractivity contribution is 6.52. The lowest BCUT2D eigenvalue weighted by molar-refractivity contribution is -0.120. The topological polar surface area (TPSA) is 101 Å². The van der Waals surface area contributed by atoms with E-state index in [4.69, 9.17) is 28.9 Å². The number of anilines is 2. The zero-order chi connectivity index (χ0) is 20.5. The van der Waals surface area contributed by atoms with Gasteiger partial charge in [-0.3, -0.25) is 24.0 Å². The zero-order valence-corrected chi connectivity index (χ0v) is 17.0. The predicted octanol–water partition coefficient (Wildman–Crippen LogP) is 2.65. The summed E-state index contributed by atoms with van der Waals surface area (Å²) in [5, 5.41) is 0. The number of halogens is 2. The maximum atomic E-state index is 13.1. The summed E-state index contributed by atoms with van der Waals surface area (Å²) in [6.07, 6.45) is 1.85. The molecule has 0 bridgehead atoms. The molecule has 28 heavy (non-hydrogen) atoms. The first-order valence-corrected chi connectivity index (χ1v) is 9.87. The highest BCUT2D eigenvalue weighted by Gasteiger charge is 2.58. The van der Waals surface area contributed by atoms with E-state index in [1.54, 1.807) is 0 Å². The molecule has 7 nitrogen and oxygen atoms in total. The quantitative estimate of drug-likeness (QED) is 0.666. The minimum absolute atomic E-state index is 0.0399. The molecule has 1 heterocycles. The molecule has 1 atom stereocenters. The van der Waals surface area contributed by atoms with E-state index in [1.165, 1.54) is 9.47 Å². The molecule has 2 aromatic rings. The monoisotopic (exact) mass is 424 g/mol. The Labute approximate surface area is 172 Å². The number of carbonyl (C=O) groups is 1. The second-order valence-electron chi connectivity index (χ2n) is 6.93. The van der Waals surface area contributed by atoms with Gasteiger partial charge in [0.05, 0.1) is 12.5 Å². The van der Waals surface area contributed by atoms with E-state index in [0.717, 1.165) is 12.0 Å². The van der Waals surface area contributed by atoms with Crippen LogP contribution in [0.3, 0.4) is 0 Å². The fourth-order valence-electron chi connectivity index (χ4n) is 3.08. The minimum Gasteiger partial charge on any atom is -0.383 e. The van der Waals surface area contributed by atoms with Gasteiger partial charge in [-0.05, 0) is 18.4 Å². The third-order valence-corrected chi connectivity index (χ3v) is 5.63. The van der Waals surface area contributed by atoms with Crippen molar-refractivity contribution in [3.63, 3.8) is 0 Å². The number of rotatable bonds is 7. The van der Waals surface area contributed by atoms with Crippen LogP contribution in [0, 0.1) is 5.92 Å². The fraction of sp³-hybridized carbons (Fsp3) is 0.421. The highest BCUT2D eigenvalue weighted by atomic mass is 35.5. The lowest BCUT2D eigenvalue weighted by Gasteiger charge is -2.25. The molecule has 0 radical (unpaired) electrons. The first kappa shape index (κ1) is 20.5. The molecule has 1 aromatic heterocycles. The number of unbranched alkanes of at least 4 members (excludes halogenated alkanes) is 1. The Morgan fingerprint density at radius 1 is 1.32 bits per heavy atom. The summed E-state index contributed by atoms with van der Waals surface area (Å²) >= 11 is 12.2. The van der Waals surface area contributed by atoms with Crippen LogP contribution in [0.5, 0.6) is 0 Å². The lowest BCUT2D eigenvalue weighted by Crippen LogP contribution is -2.42. The molecule has 1 fully saturated rings. The van der Waals surface area contributed by atoms with Crippen LogP contribution in [-0.4, -0.2) is 19.8 Å². The van der Waals surface area contributed by atoms with Crippen LogP contribution in [0.25, 0.3) is 0 Å². The van der Waals surface area contributed by atoms with Crippen LogP contribution in [0.1, 0.15) is 31.7 Å². The van der Waals surface area contributed by atoms with E-state index < -0.39 is 27.4 Å². The molecule has 0 aliphatic heterocycles. The second-order valence-corrected chi connectivity index (χ2v) is 8.47. The molecule has 1 saturated carbocycles. The first-order valence-electron chi connectivity index (χ1n) is 9.12. The largest absolute Gasteiger partial charge is 0.383 e. The van der Waals surface area contributed by atoms with E-state index in [9.17, 15) is 14.4 Å². The lowest BCUT2D eigenvalue weighted by atomic mass is 10.2. The van der Waals surface area contributed by atoms with Gasteiger partial charge in [0, 0.05) is 6.54 Å². The number of nitrogens with one attached hydrogen (secondary N) is 1. The number of nitrogens with zero attached hydrogens (tertiary/aromatic N) is 2. The average Bonchev–Trinajstić information content (AvgIpc) is 3.29. The van der Waals surface area contributed by atoms with Gasteiger partial charge in [-0.15, -0.1) is 23.2 Å². The number of aromatic amines is 1. The molecular weight excluding hydrogens is 403 g/mol. The van der Waals surface area contributed by atoms with Crippen molar-refractivity contribution >= 4 is 40.6 Å². The Morgan fingerprint density at radius 3 is 2.54 bits per heavy atom.